The maximum absolute atomic E-state index is 3.35. The molecular weight excluding hydrogens is 273 g/mol. The van der Waals surface area contributed by atoms with Gasteiger partial charge < -0.3 is 5.32 Å². The Bertz CT molecular complexity index is 271. The summed E-state index contributed by atoms with van der Waals surface area (Å²) >= 11 is 2.39. The first kappa shape index (κ1) is 11.0. The number of benzene rings is 1. The largest absolute Gasteiger partial charge is 0.313 e. The fourth-order valence-corrected chi connectivity index (χ4v) is 2.30. The number of hydrogen-bond acceptors (Lipinski definition) is 1. The highest BCUT2D eigenvalue weighted by atomic mass is 127. The number of rotatable bonds is 3. The summed E-state index contributed by atoms with van der Waals surface area (Å²) in [6, 6.07) is 9.00. The molecule has 13 heavy (non-hydrogen) atoms. The van der Waals surface area contributed by atoms with Crippen molar-refractivity contribution >= 4 is 22.6 Å². The molecule has 0 spiro atoms. The summed E-state index contributed by atoms with van der Waals surface area (Å²) in [5, 5.41) is 3.35. The first-order valence-corrected chi connectivity index (χ1v) is 5.66. The summed E-state index contributed by atoms with van der Waals surface area (Å²) in [6.07, 6.45) is 0. The normalized spacial score (nSPS) is 13.3. The highest BCUT2D eigenvalue weighted by molar-refractivity contribution is 14.1. The van der Waals surface area contributed by atoms with Gasteiger partial charge in [0, 0.05) is 9.61 Å². The van der Waals surface area contributed by atoms with Crippen molar-refractivity contribution in [2.24, 2.45) is 5.92 Å². The highest BCUT2D eigenvalue weighted by Crippen LogP contribution is 2.25. The van der Waals surface area contributed by atoms with Gasteiger partial charge in [-0.1, -0.05) is 32.0 Å². The average Bonchev–Trinajstić information content (AvgIpc) is 2.09. The predicted octanol–water partition coefficient (Wildman–Crippen LogP) is 3.21. The van der Waals surface area contributed by atoms with Gasteiger partial charge in [0.2, 0.25) is 0 Å². The van der Waals surface area contributed by atoms with Gasteiger partial charge in [0.15, 0.2) is 0 Å². The van der Waals surface area contributed by atoms with Gasteiger partial charge in [0.05, 0.1) is 0 Å². The predicted molar refractivity (Wildman–Crippen MR) is 65.8 cm³/mol. The van der Waals surface area contributed by atoms with Crippen LogP contribution in [0.5, 0.6) is 0 Å². The molecule has 0 radical (unpaired) electrons. The zero-order valence-electron chi connectivity index (χ0n) is 8.34. The molecule has 0 heterocycles. The van der Waals surface area contributed by atoms with Crippen molar-refractivity contribution in [3.63, 3.8) is 0 Å². The number of nitrogens with one attached hydrogen (secondary N) is 1. The van der Waals surface area contributed by atoms with Gasteiger partial charge in [0.25, 0.3) is 0 Å². The third-order valence-electron chi connectivity index (χ3n) is 2.22. The Kier molecular flexibility index (Phi) is 4.19. The second kappa shape index (κ2) is 4.96. The minimum absolute atomic E-state index is 0.466. The van der Waals surface area contributed by atoms with E-state index in [1.165, 1.54) is 9.13 Å². The molecule has 0 saturated carbocycles. The van der Waals surface area contributed by atoms with E-state index in [0.717, 1.165) is 0 Å². The van der Waals surface area contributed by atoms with Gasteiger partial charge >= 0.3 is 0 Å². The molecular formula is C11H16IN. The van der Waals surface area contributed by atoms with E-state index in [1.54, 1.807) is 0 Å². The van der Waals surface area contributed by atoms with E-state index in [1.807, 2.05) is 7.05 Å². The fraction of sp³-hybridized carbons (Fsp3) is 0.455. The third-order valence-corrected chi connectivity index (χ3v) is 3.20. The summed E-state index contributed by atoms with van der Waals surface area (Å²) in [6.45, 7) is 4.48. The van der Waals surface area contributed by atoms with Crippen LogP contribution < -0.4 is 5.32 Å². The molecule has 0 saturated heterocycles. The molecule has 0 fully saturated rings. The number of hydrogen-bond donors (Lipinski definition) is 1. The van der Waals surface area contributed by atoms with Gasteiger partial charge in [-0.25, -0.2) is 0 Å². The maximum Gasteiger partial charge on any atom is 0.0351 e. The molecule has 0 aliphatic heterocycles. The second-order valence-corrected chi connectivity index (χ2v) is 4.69. The Morgan fingerprint density at radius 2 is 1.85 bits per heavy atom. The van der Waals surface area contributed by atoms with Crippen LogP contribution in [0.3, 0.4) is 0 Å². The molecule has 1 nitrogen and oxygen atoms in total. The van der Waals surface area contributed by atoms with Crippen molar-refractivity contribution in [2.45, 2.75) is 19.9 Å². The lowest BCUT2D eigenvalue weighted by Gasteiger charge is -2.21. The Labute approximate surface area is 94.1 Å². The van der Waals surface area contributed by atoms with Crippen molar-refractivity contribution in [3.05, 3.63) is 33.4 Å². The van der Waals surface area contributed by atoms with Crippen molar-refractivity contribution in [2.75, 3.05) is 7.05 Å². The highest BCUT2D eigenvalue weighted by Gasteiger charge is 2.14. The molecule has 1 atom stereocenters. The molecule has 0 aromatic heterocycles. The van der Waals surface area contributed by atoms with Crippen molar-refractivity contribution in [1.29, 1.82) is 0 Å². The van der Waals surface area contributed by atoms with Gasteiger partial charge in [0.1, 0.15) is 0 Å². The zero-order chi connectivity index (χ0) is 9.84. The summed E-state index contributed by atoms with van der Waals surface area (Å²) in [7, 11) is 2.02. The summed E-state index contributed by atoms with van der Waals surface area (Å²) in [4.78, 5) is 0. The Morgan fingerprint density at radius 3 is 2.31 bits per heavy atom. The van der Waals surface area contributed by atoms with E-state index >= 15 is 0 Å². The first-order chi connectivity index (χ1) is 6.16. The summed E-state index contributed by atoms with van der Waals surface area (Å²) in [5.74, 6) is 0.626. The van der Waals surface area contributed by atoms with Crippen molar-refractivity contribution in [3.8, 4) is 0 Å². The molecule has 1 rings (SSSR count). The Morgan fingerprint density at radius 1 is 1.23 bits per heavy atom. The molecule has 1 aromatic carbocycles. The fourth-order valence-electron chi connectivity index (χ4n) is 1.58. The molecule has 0 aliphatic rings. The molecule has 72 valence electrons. The van der Waals surface area contributed by atoms with Gasteiger partial charge in [-0.15, -0.1) is 0 Å². The minimum atomic E-state index is 0.466. The molecule has 1 unspecified atom stereocenters. The molecule has 2 heteroatoms. The Balaban J connectivity index is 2.97. The maximum atomic E-state index is 3.35. The topological polar surface area (TPSA) is 12.0 Å². The summed E-state index contributed by atoms with van der Waals surface area (Å²) < 4.78 is 1.34. The van der Waals surface area contributed by atoms with E-state index in [9.17, 15) is 0 Å². The van der Waals surface area contributed by atoms with Crippen LogP contribution in [-0.4, -0.2) is 7.05 Å². The smallest absolute Gasteiger partial charge is 0.0351 e. The minimum Gasteiger partial charge on any atom is -0.313 e. The van der Waals surface area contributed by atoms with Gasteiger partial charge in [-0.2, -0.15) is 0 Å². The Hall–Kier alpha value is -0.0900. The van der Waals surface area contributed by atoms with Crippen LogP contribution in [0.4, 0.5) is 0 Å². The van der Waals surface area contributed by atoms with Gasteiger partial charge in [-0.05, 0) is 47.2 Å². The monoisotopic (exact) mass is 289 g/mol. The lowest BCUT2D eigenvalue weighted by Crippen LogP contribution is -2.22. The number of halogens is 1. The van der Waals surface area contributed by atoms with Crippen LogP contribution in [0.25, 0.3) is 0 Å². The summed E-state index contributed by atoms with van der Waals surface area (Å²) in [5.41, 5.74) is 1.40. The first-order valence-electron chi connectivity index (χ1n) is 4.58. The zero-order valence-corrected chi connectivity index (χ0v) is 10.5. The standard InChI is InChI=1S/C11H16IN/c1-8(2)11(13-3)9-6-4-5-7-10(9)12/h4-8,11,13H,1-3H3. The van der Waals surface area contributed by atoms with E-state index in [4.69, 9.17) is 0 Å². The molecule has 1 N–H and O–H groups in total. The van der Waals surface area contributed by atoms with E-state index in [2.05, 4.69) is 66.0 Å². The van der Waals surface area contributed by atoms with Crippen LogP contribution in [-0.2, 0) is 0 Å². The van der Waals surface area contributed by atoms with E-state index < -0.39 is 0 Å². The lowest BCUT2D eigenvalue weighted by molar-refractivity contribution is 0.441. The van der Waals surface area contributed by atoms with Crippen LogP contribution >= 0.6 is 22.6 Å². The van der Waals surface area contributed by atoms with Crippen molar-refractivity contribution in [1.82, 2.24) is 5.32 Å². The van der Waals surface area contributed by atoms with Crippen LogP contribution in [0.1, 0.15) is 25.5 Å². The van der Waals surface area contributed by atoms with Crippen LogP contribution in [0.15, 0.2) is 24.3 Å². The third kappa shape index (κ3) is 2.68. The van der Waals surface area contributed by atoms with E-state index in [-0.39, 0.29) is 0 Å². The second-order valence-electron chi connectivity index (χ2n) is 3.53. The molecule has 1 aromatic rings. The quantitative estimate of drug-likeness (QED) is 0.843. The molecule has 0 amide bonds. The van der Waals surface area contributed by atoms with Gasteiger partial charge in [-0.3, -0.25) is 0 Å². The van der Waals surface area contributed by atoms with Crippen molar-refractivity contribution < 1.29 is 0 Å². The SMILES string of the molecule is CNC(c1ccccc1I)C(C)C. The molecule has 0 aliphatic carbocycles. The van der Waals surface area contributed by atoms with Crippen LogP contribution in [0.2, 0.25) is 0 Å². The van der Waals surface area contributed by atoms with Crippen LogP contribution in [0, 0.1) is 9.49 Å². The molecule has 0 bridgehead atoms. The lowest BCUT2D eigenvalue weighted by atomic mass is 9.96. The average molecular weight is 289 g/mol. The van der Waals surface area contributed by atoms with E-state index in [0.29, 0.717) is 12.0 Å².